The summed E-state index contributed by atoms with van der Waals surface area (Å²) in [6.07, 6.45) is -0.0800. The SMILES string of the molecule is O=C(Nc1ccc(OC(F)F)cc1)C1Cc2ccccc2O1. The first-order valence-electron chi connectivity index (χ1n) is 6.72. The van der Waals surface area contributed by atoms with E-state index in [2.05, 4.69) is 10.1 Å². The van der Waals surface area contributed by atoms with Crippen molar-refractivity contribution >= 4 is 11.6 Å². The van der Waals surface area contributed by atoms with E-state index in [9.17, 15) is 13.6 Å². The molecule has 114 valence electrons. The van der Waals surface area contributed by atoms with Crippen LogP contribution in [0.15, 0.2) is 48.5 Å². The third kappa shape index (κ3) is 3.16. The molecule has 1 amide bonds. The Hall–Kier alpha value is -2.63. The number of carbonyl (C=O) groups is 1. The molecule has 0 bridgehead atoms. The van der Waals surface area contributed by atoms with Gasteiger partial charge in [-0.15, -0.1) is 0 Å². The second-order valence-electron chi connectivity index (χ2n) is 4.81. The van der Waals surface area contributed by atoms with Crippen molar-refractivity contribution in [2.75, 3.05) is 5.32 Å². The van der Waals surface area contributed by atoms with Crippen LogP contribution in [0.3, 0.4) is 0 Å². The normalized spacial score (nSPS) is 16.0. The van der Waals surface area contributed by atoms with Crippen molar-refractivity contribution < 1.29 is 23.0 Å². The number of benzene rings is 2. The van der Waals surface area contributed by atoms with Gasteiger partial charge in [-0.1, -0.05) is 18.2 Å². The van der Waals surface area contributed by atoms with Crippen molar-refractivity contribution in [2.45, 2.75) is 19.1 Å². The summed E-state index contributed by atoms with van der Waals surface area (Å²) < 4.78 is 33.9. The topological polar surface area (TPSA) is 47.6 Å². The zero-order valence-electron chi connectivity index (χ0n) is 11.5. The predicted molar refractivity (Wildman–Crippen MR) is 76.3 cm³/mol. The minimum absolute atomic E-state index is 0.0394. The maximum absolute atomic E-state index is 12.2. The van der Waals surface area contributed by atoms with E-state index in [0.717, 1.165) is 5.56 Å². The zero-order chi connectivity index (χ0) is 15.5. The molecule has 4 nitrogen and oxygen atoms in total. The number of rotatable bonds is 4. The second-order valence-corrected chi connectivity index (χ2v) is 4.81. The van der Waals surface area contributed by atoms with Crippen molar-refractivity contribution in [3.63, 3.8) is 0 Å². The van der Waals surface area contributed by atoms with Crippen LogP contribution in [0.5, 0.6) is 11.5 Å². The minimum Gasteiger partial charge on any atom is -0.480 e. The van der Waals surface area contributed by atoms with Gasteiger partial charge in [0, 0.05) is 12.1 Å². The lowest BCUT2D eigenvalue weighted by Crippen LogP contribution is -2.31. The van der Waals surface area contributed by atoms with Crippen molar-refractivity contribution in [3.8, 4) is 11.5 Å². The number of hydrogen-bond acceptors (Lipinski definition) is 3. The number of ether oxygens (including phenoxy) is 2. The van der Waals surface area contributed by atoms with Gasteiger partial charge in [0.15, 0.2) is 6.10 Å². The maximum Gasteiger partial charge on any atom is 0.387 e. The zero-order valence-corrected chi connectivity index (χ0v) is 11.5. The van der Waals surface area contributed by atoms with Crippen LogP contribution in [-0.4, -0.2) is 18.6 Å². The first-order valence-corrected chi connectivity index (χ1v) is 6.72. The highest BCUT2D eigenvalue weighted by molar-refractivity contribution is 5.95. The molecule has 1 heterocycles. The van der Waals surface area contributed by atoms with Gasteiger partial charge >= 0.3 is 6.61 Å². The fourth-order valence-corrected chi connectivity index (χ4v) is 2.27. The van der Waals surface area contributed by atoms with Crippen LogP contribution >= 0.6 is 0 Å². The molecule has 1 aliphatic rings. The Morgan fingerprint density at radius 3 is 2.59 bits per heavy atom. The van der Waals surface area contributed by atoms with Crippen molar-refractivity contribution in [1.29, 1.82) is 0 Å². The molecule has 0 aliphatic carbocycles. The van der Waals surface area contributed by atoms with Gasteiger partial charge in [-0.05, 0) is 35.9 Å². The summed E-state index contributed by atoms with van der Waals surface area (Å²) in [5.41, 5.74) is 1.48. The lowest BCUT2D eigenvalue weighted by atomic mass is 10.1. The molecule has 1 unspecified atom stereocenters. The summed E-state index contributed by atoms with van der Waals surface area (Å²) >= 11 is 0. The quantitative estimate of drug-likeness (QED) is 0.943. The van der Waals surface area contributed by atoms with E-state index in [1.54, 1.807) is 0 Å². The molecule has 6 heteroatoms. The second kappa shape index (κ2) is 6.01. The van der Waals surface area contributed by atoms with Crippen molar-refractivity contribution in [3.05, 3.63) is 54.1 Å². The third-order valence-corrected chi connectivity index (χ3v) is 3.29. The van der Waals surface area contributed by atoms with Crippen LogP contribution < -0.4 is 14.8 Å². The number of carbonyl (C=O) groups excluding carboxylic acids is 1. The maximum atomic E-state index is 12.2. The Bertz CT molecular complexity index is 648. The number of hydrogen-bond donors (Lipinski definition) is 1. The standard InChI is InChI=1S/C16H13F2NO3/c17-16(18)21-12-7-5-11(6-8-12)19-15(20)14-9-10-3-1-2-4-13(10)22-14/h1-8,14,16H,9H2,(H,19,20). The Morgan fingerprint density at radius 2 is 1.91 bits per heavy atom. The molecule has 0 aromatic heterocycles. The van der Waals surface area contributed by atoms with Crippen LogP contribution in [0.1, 0.15) is 5.56 Å². The van der Waals surface area contributed by atoms with Gasteiger partial charge in [-0.2, -0.15) is 8.78 Å². The van der Waals surface area contributed by atoms with Crippen LogP contribution in [-0.2, 0) is 11.2 Å². The average molecular weight is 305 g/mol. The Morgan fingerprint density at radius 1 is 1.18 bits per heavy atom. The largest absolute Gasteiger partial charge is 0.480 e. The smallest absolute Gasteiger partial charge is 0.387 e. The molecule has 1 N–H and O–H groups in total. The van der Waals surface area contributed by atoms with Crippen molar-refractivity contribution in [2.24, 2.45) is 0 Å². The third-order valence-electron chi connectivity index (χ3n) is 3.29. The van der Waals surface area contributed by atoms with Gasteiger partial charge in [0.05, 0.1) is 0 Å². The first-order chi connectivity index (χ1) is 10.6. The number of anilines is 1. The summed E-state index contributed by atoms with van der Waals surface area (Å²) in [4.78, 5) is 12.2. The molecule has 2 aromatic carbocycles. The summed E-state index contributed by atoms with van der Waals surface area (Å²) in [7, 11) is 0. The number of halogens is 2. The molecule has 22 heavy (non-hydrogen) atoms. The van der Waals surface area contributed by atoms with Gasteiger partial charge in [0.2, 0.25) is 0 Å². The van der Waals surface area contributed by atoms with E-state index in [4.69, 9.17) is 4.74 Å². The molecule has 0 saturated carbocycles. The molecular formula is C16H13F2NO3. The van der Waals surface area contributed by atoms with Gasteiger partial charge < -0.3 is 14.8 Å². The Balaban J connectivity index is 1.61. The van der Waals surface area contributed by atoms with E-state index in [0.29, 0.717) is 17.9 Å². The summed E-state index contributed by atoms with van der Waals surface area (Å²) in [6.45, 7) is -2.87. The lowest BCUT2D eigenvalue weighted by molar-refractivity contribution is -0.122. The number of nitrogens with one attached hydrogen (secondary N) is 1. The molecular weight excluding hydrogens is 292 g/mol. The number of amides is 1. The highest BCUT2D eigenvalue weighted by Gasteiger charge is 2.28. The van der Waals surface area contributed by atoms with Gasteiger partial charge in [0.1, 0.15) is 11.5 Å². The number of alkyl halides is 2. The summed E-state index contributed by atoms with van der Waals surface area (Å²) in [5.74, 6) is 0.472. The predicted octanol–water partition coefficient (Wildman–Crippen LogP) is 3.23. The molecule has 0 radical (unpaired) electrons. The van der Waals surface area contributed by atoms with Gasteiger partial charge in [-0.25, -0.2) is 0 Å². The monoisotopic (exact) mass is 305 g/mol. The van der Waals surface area contributed by atoms with Crippen LogP contribution in [0.2, 0.25) is 0 Å². The van der Waals surface area contributed by atoms with E-state index in [1.807, 2.05) is 24.3 Å². The summed E-state index contributed by atoms with van der Waals surface area (Å²) in [5, 5.41) is 2.69. The van der Waals surface area contributed by atoms with Gasteiger partial charge in [-0.3, -0.25) is 4.79 Å². The number of para-hydroxylation sites is 1. The summed E-state index contributed by atoms with van der Waals surface area (Å²) in [6, 6.07) is 13.2. The molecule has 1 atom stereocenters. The number of fused-ring (bicyclic) bond motifs is 1. The van der Waals surface area contributed by atoms with E-state index < -0.39 is 12.7 Å². The Kier molecular flexibility index (Phi) is 3.91. The molecule has 3 rings (SSSR count). The molecule has 0 saturated heterocycles. The van der Waals surface area contributed by atoms with Crippen LogP contribution in [0.4, 0.5) is 14.5 Å². The highest BCUT2D eigenvalue weighted by atomic mass is 19.3. The molecule has 0 fully saturated rings. The van der Waals surface area contributed by atoms with Crippen molar-refractivity contribution in [1.82, 2.24) is 0 Å². The first kappa shape index (κ1) is 14.3. The fourth-order valence-electron chi connectivity index (χ4n) is 2.27. The van der Waals surface area contributed by atoms with Crippen LogP contribution in [0.25, 0.3) is 0 Å². The average Bonchev–Trinajstić information content (AvgIpc) is 2.93. The lowest BCUT2D eigenvalue weighted by Gasteiger charge is -2.12. The minimum atomic E-state index is -2.87. The van der Waals surface area contributed by atoms with E-state index >= 15 is 0 Å². The van der Waals surface area contributed by atoms with E-state index in [1.165, 1.54) is 24.3 Å². The fraction of sp³-hybridized carbons (Fsp3) is 0.188. The van der Waals surface area contributed by atoms with Gasteiger partial charge in [0.25, 0.3) is 5.91 Å². The van der Waals surface area contributed by atoms with E-state index in [-0.39, 0.29) is 11.7 Å². The Labute approximate surface area is 125 Å². The molecule has 1 aliphatic heterocycles. The van der Waals surface area contributed by atoms with Crippen LogP contribution in [0, 0.1) is 0 Å². The molecule has 2 aromatic rings. The highest BCUT2D eigenvalue weighted by Crippen LogP contribution is 2.28. The molecule has 0 spiro atoms.